The standard InChI is InChI=1S/C30H24BrClN2O5S/c1-4-39-29(36)25-26(18-8-6-5-7-9-18)33-30-34(27(25)20-16-19(31)11-13-22(20)37-2)28(35)24(40-30)15-17-10-12-23(38-3)21(32)14-17/h5-16,27H,4H2,1-3H3/b24-15-/t27-/m1/s1. The van der Waals surface area contributed by atoms with Crippen LogP contribution in [0, 0.1) is 0 Å². The van der Waals surface area contributed by atoms with Crippen LogP contribution in [-0.2, 0) is 9.53 Å². The zero-order valence-corrected chi connectivity index (χ0v) is 25.0. The molecule has 0 radical (unpaired) electrons. The Morgan fingerprint density at radius 2 is 1.80 bits per heavy atom. The molecule has 0 spiro atoms. The second-order valence-electron chi connectivity index (χ2n) is 8.71. The second kappa shape index (κ2) is 11.8. The molecule has 0 fully saturated rings. The molecule has 0 bridgehead atoms. The van der Waals surface area contributed by atoms with Crippen molar-refractivity contribution in [2.24, 2.45) is 4.99 Å². The van der Waals surface area contributed by atoms with Crippen molar-refractivity contribution in [1.29, 1.82) is 0 Å². The maximum Gasteiger partial charge on any atom is 0.338 e. The van der Waals surface area contributed by atoms with Gasteiger partial charge in [-0.15, -0.1) is 0 Å². The van der Waals surface area contributed by atoms with Gasteiger partial charge < -0.3 is 14.2 Å². The SMILES string of the molecule is CCOC(=O)C1=C(c2ccccc2)N=c2s/c(=C\c3ccc(OC)c(Cl)c3)c(=O)n2[C@@H]1c1cc(Br)ccc1OC. The van der Waals surface area contributed by atoms with E-state index in [1.165, 1.54) is 15.9 Å². The third-order valence-electron chi connectivity index (χ3n) is 6.33. The minimum atomic E-state index is -0.862. The molecule has 1 aliphatic rings. The van der Waals surface area contributed by atoms with Crippen LogP contribution in [0.3, 0.4) is 0 Å². The highest BCUT2D eigenvalue weighted by molar-refractivity contribution is 9.10. The third kappa shape index (κ3) is 5.24. The summed E-state index contributed by atoms with van der Waals surface area (Å²) in [4.78, 5) is 33.0. The molecular formula is C30H24BrClN2O5S. The van der Waals surface area contributed by atoms with E-state index in [0.29, 0.717) is 37.1 Å². The molecule has 1 atom stereocenters. The van der Waals surface area contributed by atoms with E-state index in [0.717, 1.165) is 15.6 Å². The van der Waals surface area contributed by atoms with Gasteiger partial charge in [0, 0.05) is 15.6 Å². The molecule has 4 aromatic rings. The van der Waals surface area contributed by atoms with Crippen molar-refractivity contribution in [2.75, 3.05) is 20.8 Å². The van der Waals surface area contributed by atoms with Gasteiger partial charge in [-0.3, -0.25) is 9.36 Å². The molecule has 7 nitrogen and oxygen atoms in total. The normalized spacial score (nSPS) is 14.9. The lowest BCUT2D eigenvalue weighted by molar-refractivity contribution is -0.138. The van der Waals surface area contributed by atoms with Crippen LogP contribution < -0.4 is 24.4 Å². The van der Waals surface area contributed by atoms with Gasteiger partial charge in [-0.2, -0.15) is 0 Å². The number of methoxy groups -OCH3 is 2. The molecule has 2 heterocycles. The summed E-state index contributed by atoms with van der Waals surface area (Å²) in [5.74, 6) is 0.489. The number of benzene rings is 3. The Morgan fingerprint density at radius 1 is 1.07 bits per heavy atom. The Labute approximate surface area is 247 Å². The van der Waals surface area contributed by atoms with Gasteiger partial charge in [0.1, 0.15) is 17.5 Å². The van der Waals surface area contributed by atoms with Crippen LogP contribution in [0.5, 0.6) is 11.5 Å². The quantitative estimate of drug-likeness (QED) is 0.254. The average molecular weight is 640 g/mol. The first-order valence-corrected chi connectivity index (χ1v) is 14.3. The summed E-state index contributed by atoms with van der Waals surface area (Å²) in [6.45, 7) is 1.90. The summed E-state index contributed by atoms with van der Waals surface area (Å²) in [6, 6.07) is 19.3. The number of ether oxygens (including phenoxy) is 3. The molecule has 0 unspecified atom stereocenters. The highest BCUT2D eigenvalue weighted by Crippen LogP contribution is 2.39. The molecule has 10 heteroatoms. The smallest absolute Gasteiger partial charge is 0.338 e. The highest BCUT2D eigenvalue weighted by Gasteiger charge is 2.36. The molecule has 0 amide bonds. The summed E-state index contributed by atoms with van der Waals surface area (Å²) in [6.07, 6.45) is 1.75. The number of fused-ring (bicyclic) bond motifs is 1. The van der Waals surface area contributed by atoms with Gasteiger partial charge in [0.2, 0.25) is 0 Å². The number of hydrogen-bond acceptors (Lipinski definition) is 7. The Morgan fingerprint density at radius 3 is 2.48 bits per heavy atom. The summed E-state index contributed by atoms with van der Waals surface area (Å²) in [5, 5.41) is 0.428. The van der Waals surface area contributed by atoms with Crippen molar-refractivity contribution in [3.63, 3.8) is 0 Å². The molecule has 204 valence electrons. The molecule has 1 aliphatic heterocycles. The molecule has 0 aliphatic carbocycles. The Hall–Kier alpha value is -3.66. The summed E-state index contributed by atoms with van der Waals surface area (Å²) in [7, 11) is 3.09. The Kier molecular flexibility index (Phi) is 8.25. The lowest BCUT2D eigenvalue weighted by Gasteiger charge is -2.27. The van der Waals surface area contributed by atoms with Gasteiger partial charge in [0.25, 0.3) is 5.56 Å². The fourth-order valence-corrected chi connectivity index (χ4v) is 6.22. The van der Waals surface area contributed by atoms with Crippen LogP contribution in [0.2, 0.25) is 5.02 Å². The molecule has 3 aromatic carbocycles. The maximum atomic E-state index is 14.1. The summed E-state index contributed by atoms with van der Waals surface area (Å²) >= 11 is 11.1. The lowest BCUT2D eigenvalue weighted by atomic mass is 9.92. The predicted molar refractivity (Wildman–Crippen MR) is 160 cm³/mol. The number of thiazole rings is 1. The van der Waals surface area contributed by atoms with Gasteiger partial charge in [-0.1, -0.05) is 75.3 Å². The number of nitrogens with zero attached hydrogens (tertiary/aromatic N) is 2. The number of rotatable bonds is 7. The predicted octanol–water partition coefficient (Wildman–Crippen LogP) is 5.37. The van der Waals surface area contributed by atoms with E-state index in [9.17, 15) is 9.59 Å². The Balaban J connectivity index is 1.85. The van der Waals surface area contributed by atoms with Crippen molar-refractivity contribution >= 4 is 56.6 Å². The van der Waals surface area contributed by atoms with E-state index in [4.69, 9.17) is 30.8 Å². The number of hydrogen-bond donors (Lipinski definition) is 0. The van der Waals surface area contributed by atoms with Crippen molar-refractivity contribution in [2.45, 2.75) is 13.0 Å². The largest absolute Gasteiger partial charge is 0.496 e. The molecule has 1 aromatic heterocycles. The fourth-order valence-electron chi connectivity index (χ4n) is 4.58. The fraction of sp³-hybridized carbons (Fsp3) is 0.167. The van der Waals surface area contributed by atoms with Gasteiger partial charge in [-0.05, 0) is 48.9 Å². The summed E-state index contributed by atoms with van der Waals surface area (Å²) < 4.78 is 19.2. The van der Waals surface area contributed by atoms with Gasteiger partial charge in [-0.25, -0.2) is 9.79 Å². The topological polar surface area (TPSA) is 79.1 Å². The average Bonchev–Trinajstić information content (AvgIpc) is 3.27. The molecule has 0 saturated carbocycles. The van der Waals surface area contributed by atoms with E-state index < -0.39 is 12.0 Å². The zero-order valence-electron chi connectivity index (χ0n) is 21.8. The van der Waals surface area contributed by atoms with E-state index in [1.54, 1.807) is 45.4 Å². The molecule has 0 saturated heterocycles. The zero-order chi connectivity index (χ0) is 28.4. The maximum absolute atomic E-state index is 14.1. The Bertz CT molecular complexity index is 1810. The van der Waals surface area contributed by atoms with Gasteiger partial charge in [0.05, 0.1) is 41.7 Å². The number of halogens is 2. The van der Waals surface area contributed by atoms with Crippen molar-refractivity contribution in [3.05, 3.63) is 118 Å². The van der Waals surface area contributed by atoms with E-state index in [1.807, 2.05) is 48.5 Å². The number of carbonyl (C=O) groups is 1. The van der Waals surface area contributed by atoms with Crippen molar-refractivity contribution < 1.29 is 19.0 Å². The van der Waals surface area contributed by atoms with Crippen molar-refractivity contribution in [1.82, 2.24) is 4.57 Å². The first kappa shape index (κ1) is 27.9. The van der Waals surface area contributed by atoms with Crippen LogP contribution in [0.1, 0.15) is 29.7 Å². The number of aromatic nitrogens is 1. The first-order valence-electron chi connectivity index (χ1n) is 12.3. The van der Waals surface area contributed by atoms with Crippen LogP contribution >= 0.6 is 38.9 Å². The number of esters is 1. The van der Waals surface area contributed by atoms with Crippen LogP contribution in [0.4, 0.5) is 0 Å². The van der Waals surface area contributed by atoms with Crippen molar-refractivity contribution in [3.8, 4) is 11.5 Å². The lowest BCUT2D eigenvalue weighted by Crippen LogP contribution is -2.40. The second-order valence-corrected chi connectivity index (χ2v) is 11.0. The minimum absolute atomic E-state index is 0.162. The molecule has 40 heavy (non-hydrogen) atoms. The highest BCUT2D eigenvalue weighted by atomic mass is 79.9. The first-order chi connectivity index (χ1) is 19.4. The molecule has 5 rings (SSSR count). The number of carbonyl (C=O) groups excluding carboxylic acids is 1. The van der Waals surface area contributed by atoms with Crippen LogP contribution in [-0.4, -0.2) is 31.4 Å². The third-order valence-corrected chi connectivity index (χ3v) is 8.11. The van der Waals surface area contributed by atoms with E-state index >= 15 is 0 Å². The minimum Gasteiger partial charge on any atom is -0.496 e. The molecular weight excluding hydrogens is 616 g/mol. The summed E-state index contributed by atoms with van der Waals surface area (Å²) in [5.41, 5.74) is 2.44. The molecule has 0 N–H and O–H groups in total. The van der Waals surface area contributed by atoms with Crippen LogP contribution in [0.25, 0.3) is 11.8 Å². The van der Waals surface area contributed by atoms with Gasteiger partial charge >= 0.3 is 5.97 Å². The van der Waals surface area contributed by atoms with E-state index in [-0.39, 0.29) is 17.7 Å². The van der Waals surface area contributed by atoms with Crippen LogP contribution in [0.15, 0.2) is 86.6 Å². The monoisotopic (exact) mass is 638 g/mol. The van der Waals surface area contributed by atoms with Gasteiger partial charge in [0.15, 0.2) is 4.80 Å². The van der Waals surface area contributed by atoms with E-state index in [2.05, 4.69) is 15.9 Å².